The summed E-state index contributed by atoms with van der Waals surface area (Å²) in [4.78, 5) is 13.2. The lowest BCUT2D eigenvalue weighted by atomic mass is 9.98. The van der Waals surface area contributed by atoms with Gasteiger partial charge in [-0.15, -0.1) is 0 Å². The quantitative estimate of drug-likeness (QED) is 0.809. The highest BCUT2D eigenvalue weighted by molar-refractivity contribution is 5.96. The van der Waals surface area contributed by atoms with E-state index >= 15 is 0 Å². The Morgan fingerprint density at radius 1 is 1.05 bits per heavy atom. The Balaban J connectivity index is 2.35. The minimum absolute atomic E-state index is 0.272. The van der Waals surface area contributed by atoms with Gasteiger partial charge in [-0.3, -0.25) is 0 Å². The van der Waals surface area contributed by atoms with Gasteiger partial charge in [0.15, 0.2) is 0 Å². The first-order chi connectivity index (χ1) is 9.09. The van der Waals surface area contributed by atoms with Gasteiger partial charge in [0.05, 0.1) is 0 Å². The molecule has 0 saturated carbocycles. The van der Waals surface area contributed by atoms with Crippen molar-refractivity contribution in [1.29, 1.82) is 0 Å². The number of hydrogen-bond donors (Lipinski definition) is 0. The average Bonchev–Trinajstić information content (AvgIpc) is 2.37. The number of carbonyl (C=O) groups excluding carboxylic acids is 1. The molecule has 0 amide bonds. The highest BCUT2D eigenvalue weighted by atomic mass is 16.1. The van der Waals surface area contributed by atoms with Crippen molar-refractivity contribution >= 4 is 22.2 Å². The van der Waals surface area contributed by atoms with E-state index in [-0.39, 0.29) is 5.78 Å². The minimum Gasteiger partial charge on any atom is -0.377 e. The van der Waals surface area contributed by atoms with Crippen LogP contribution in [0.2, 0.25) is 0 Å². The minimum atomic E-state index is 0.272. The normalized spacial score (nSPS) is 10.7. The highest BCUT2D eigenvalue weighted by Crippen LogP contribution is 2.28. The fourth-order valence-corrected chi connectivity index (χ4v) is 2.49. The van der Waals surface area contributed by atoms with Crippen LogP contribution in [0, 0.1) is 0 Å². The summed E-state index contributed by atoms with van der Waals surface area (Å²) in [7, 11) is 4.13. The van der Waals surface area contributed by atoms with E-state index in [1.54, 1.807) is 6.92 Å². The van der Waals surface area contributed by atoms with Crippen molar-refractivity contribution < 1.29 is 4.79 Å². The maximum absolute atomic E-state index is 11.0. The van der Waals surface area contributed by atoms with Gasteiger partial charge >= 0.3 is 0 Å². The number of rotatable bonds is 5. The predicted octanol–water partition coefficient (Wildman–Crippen LogP) is 3.82. The second-order valence-corrected chi connectivity index (χ2v) is 5.24. The molecule has 2 heteroatoms. The van der Waals surface area contributed by atoms with Gasteiger partial charge in [-0.25, -0.2) is 0 Å². The molecule has 0 aliphatic heterocycles. The molecule has 2 aromatic rings. The lowest BCUT2D eigenvalue weighted by Crippen LogP contribution is -2.09. The Kier molecular flexibility index (Phi) is 4.20. The molecule has 100 valence electrons. The van der Waals surface area contributed by atoms with Crippen LogP contribution in [0.3, 0.4) is 0 Å². The number of anilines is 1. The maximum Gasteiger partial charge on any atom is 0.129 e. The number of nitrogens with zero attached hydrogens (tertiary/aromatic N) is 1. The lowest BCUT2D eigenvalue weighted by Gasteiger charge is -2.16. The van der Waals surface area contributed by atoms with Crippen molar-refractivity contribution in [1.82, 2.24) is 0 Å². The summed E-state index contributed by atoms with van der Waals surface area (Å²) in [5.74, 6) is 0.272. The van der Waals surface area contributed by atoms with Gasteiger partial charge < -0.3 is 9.69 Å². The average molecular weight is 255 g/mol. The van der Waals surface area contributed by atoms with Gasteiger partial charge in [0.1, 0.15) is 5.78 Å². The number of ketones is 1. The number of Topliss-reactive ketones (excluding diaryl/α,β-unsaturated/α-hetero) is 1. The second-order valence-electron chi connectivity index (χ2n) is 5.24. The monoisotopic (exact) mass is 255 g/mol. The van der Waals surface area contributed by atoms with Crippen LogP contribution in [-0.4, -0.2) is 19.9 Å². The molecule has 0 atom stereocenters. The summed E-state index contributed by atoms with van der Waals surface area (Å²) >= 11 is 0. The van der Waals surface area contributed by atoms with Crippen LogP contribution in [0.15, 0.2) is 36.4 Å². The Morgan fingerprint density at radius 2 is 1.74 bits per heavy atom. The van der Waals surface area contributed by atoms with Gasteiger partial charge in [-0.2, -0.15) is 0 Å². The van der Waals surface area contributed by atoms with E-state index in [0.717, 1.165) is 12.8 Å². The zero-order valence-corrected chi connectivity index (χ0v) is 11.9. The third-order valence-electron chi connectivity index (χ3n) is 3.45. The van der Waals surface area contributed by atoms with E-state index in [0.29, 0.717) is 6.42 Å². The summed E-state index contributed by atoms with van der Waals surface area (Å²) in [5, 5.41) is 2.59. The van der Waals surface area contributed by atoms with E-state index in [4.69, 9.17) is 0 Å². The summed E-state index contributed by atoms with van der Waals surface area (Å²) in [5.41, 5.74) is 2.58. The number of aryl methyl sites for hydroxylation is 1. The molecule has 0 N–H and O–H groups in total. The van der Waals surface area contributed by atoms with Crippen molar-refractivity contribution in [2.45, 2.75) is 26.2 Å². The molecule has 0 saturated heterocycles. The van der Waals surface area contributed by atoms with Crippen molar-refractivity contribution in [2.24, 2.45) is 0 Å². The molecule has 0 aliphatic carbocycles. The van der Waals surface area contributed by atoms with Crippen molar-refractivity contribution in [2.75, 3.05) is 19.0 Å². The molecule has 2 rings (SSSR count). The molecule has 2 aromatic carbocycles. The summed E-state index contributed by atoms with van der Waals surface area (Å²) < 4.78 is 0. The SMILES string of the molecule is CC(=O)CCCc1cccc2c(N(C)C)cccc12. The third-order valence-corrected chi connectivity index (χ3v) is 3.45. The highest BCUT2D eigenvalue weighted by Gasteiger charge is 2.06. The molecule has 0 fully saturated rings. The van der Waals surface area contributed by atoms with Gasteiger partial charge in [-0.1, -0.05) is 30.3 Å². The van der Waals surface area contributed by atoms with E-state index in [1.807, 2.05) is 0 Å². The zero-order chi connectivity index (χ0) is 13.8. The first-order valence-electron chi connectivity index (χ1n) is 6.77. The Labute approximate surface area is 115 Å². The fourth-order valence-electron chi connectivity index (χ4n) is 2.49. The van der Waals surface area contributed by atoms with Crippen molar-refractivity contribution in [3.8, 4) is 0 Å². The summed E-state index contributed by atoms with van der Waals surface area (Å²) in [6.45, 7) is 1.66. The van der Waals surface area contributed by atoms with Crippen LogP contribution in [0.25, 0.3) is 10.8 Å². The summed E-state index contributed by atoms with van der Waals surface area (Å²) in [6.07, 6.45) is 2.57. The van der Waals surface area contributed by atoms with Gasteiger partial charge in [0.2, 0.25) is 0 Å². The maximum atomic E-state index is 11.0. The third kappa shape index (κ3) is 3.14. The van der Waals surface area contributed by atoms with Gasteiger partial charge in [0.25, 0.3) is 0 Å². The standard InChI is InChI=1S/C17H21NO/c1-13(19)7-4-8-14-9-5-11-16-15(14)10-6-12-17(16)18(2)3/h5-6,9-12H,4,7-8H2,1-3H3. The van der Waals surface area contributed by atoms with Crippen LogP contribution >= 0.6 is 0 Å². The van der Waals surface area contributed by atoms with E-state index < -0.39 is 0 Å². The Morgan fingerprint density at radius 3 is 2.42 bits per heavy atom. The van der Waals surface area contributed by atoms with Crippen molar-refractivity contribution in [3.63, 3.8) is 0 Å². The molecular formula is C17H21NO. The molecule has 19 heavy (non-hydrogen) atoms. The van der Waals surface area contributed by atoms with Crippen LogP contribution in [0.5, 0.6) is 0 Å². The predicted molar refractivity (Wildman–Crippen MR) is 81.9 cm³/mol. The number of carbonyl (C=O) groups is 1. The smallest absolute Gasteiger partial charge is 0.129 e. The molecular weight excluding hydrogens is 234 g/mol. The molecule has 0 spiro atoms. The van der Waals surface area contributed by atoms with E-state index in [1.165, 1.54) is 22.0 Å². The number of hydrogen-bond acceptors (Lipinski definition) is 2. The van der Waals surface area contributed by atoms with Gasteiger partial charge in [-0.05, 0) is 36.8 Å². The Bertz CT molecular complexity index is 587. The lowest BCUT2D eigenvalue weighted by molar-refractivity contribution is -0.117. The van der Waals surface area contributed by atoms with Crippen molar-refractivity contribution in [3.05, 3.63) is 42.0 Å². The zero-order valence-electron chi connectivity index (χ0n) is 11.9. The number of fused-ring (bicyclic) bond motifs is 1. The largest absolute Gasteiger partial charge is 0.377 e. The van der Waals surface area contributed by atoms with Crippen LogP contribution in [0.4, 0.5) is 5.69 Å². The van der Waals surface area contributed by atoms with Crippen LogP contribution in [-0.2, 0) is 11.2 Å². The Hall–Kier alpha value is -1.83. The van der Waals surface area contributed by atoms with Gasteiger partial charge in [0, 0.05) is 31.6 Å². The molecule has 0 aromatic heterocycles. The van der Waals surface area contributed by atoms with E-state index in [9.17, 15) is 4.79 Å². The van der Waals surface area contributed by atoms with Crippen LogP contribution < -0.4 is 4.90 Å². The molecule has 0 radical (unpaired) electrons. The number of benzene rings is 2. The topological polar surface area (TPSA) is 20.3 Å². The second kappa shape index (κ2) is 5.87. The van der Waals surface area contributed by atoms with E-state index in [2.05, 4.69) is 55.4 Å². The molecule has 0 unspecified atom stereocenters. The molecule has 0 heterocycles. The fraction of sp³-hybridized carbons (Fsp3) is 0.353. The molecule has 2 nitrogen and oxygen atoms in total. The first-order valence-corrected chi connectivity index (χ1v) is 6.77. The van der Waals surface area contributed by atoms with Crippen LogP contribution in [0.1, 0.15) is 25.3 Å². The first kappa shape index (κ1) is 13.6. The summed E-state index contributed by atoms with van der Waals surface area (Å²) in [6, 6.07) is 12.9. The molecule has 0 bridgehead atoms. The molecule has 0 aliphatic rings.